The monoisotopic (exact) mass is 847 g/mol. The molecule has 0 fully saturated rings. The maximum Gasteiger partial charge on any atom is 0.113 e. The molecule has 65 heavy (non-hydrogen) atoms. The number of aliphatic imine (C=N–C) groups is 1. The van der Waals surface area contributed by atoms with Crippen molar-refractivity contribution in [3.63, 3.8) is 0 Å². The van der Waals surface area contributed by atoms with Crippen molar-refractivity contribution < 1.29 is 0 Å². The molecular weight excluding hydrogens is 799 g/mol. The van der Waals surface area contributed by atoms with Crippen molar-refractivity contribution >= 4 is 24.2 Å². The fraction of sp³-hybridized carbons (Fsp3) is 0.0952. The van der Waals surface area contributed by atoms with E-state index in [9.17, 15) is 0 Å². The summed E-state index contributed by atoms with van der Waals surface area (Å²) in [6.07, 6.45) is 0.766. The summed E-state index contributed by atoms with van der Waals surface area (Å²) in [7, 11) is -2.06. The summed E-state index contributed by atoms with van der Waals surface area (Å²) in [5, 5.41) is 3.01. The minimum atomic E-state index is -2.06. The van der Waals surface area contributed by atoms with Crippen LogP contribution in [0.3, 0.4) is 0 Å². The predicted molar refractivity (Wildman–Crippen MR) is 275 cm³/mol. The second-order valence-corrected chi connectivity index (χ2v) is 22.9. The third kappa shape index (κ3) is 6.15. The number of benzene rings is 9. The Morgan fingerprint density at radius 3 is 1.57 bits per heavy atom. The highest BCUT2D eigenvalue weighted by Gasteiger charge is 2.48. The molecule has 9 aromatic carbocycles. The van der Waals surface area contributed by atoms with Crippen LogP contribution < -0.4 is 10.4 Å². The molecule has 2 aliphatic heterocycles. The molecule has 3 aliphatic rings. The molecule has 0 amide bonds. The van der Waals surface area contributed by atoms with Crippen LogP contribution in [-0.2, 0) is 5.41 Å². The van der Waals surface area contributed by atoms with E-state index in [2.05, 4.69) is 238 Å². The lowest BCUT2D eigenvalue weighted by Crippen LogP contribution is -2.49. The average Bonchev–Trinajstić information content (AvgIpc) is 3.80. The lowest BCUT2D eigenvalue weighted by atomic mass is 9.67. The number of rotatable bonds is 7. The first kappa shape index (κ1) is 39.2. The molecule has 2 unspecified atom stereocenters. The standard InChI is InChI=1S/C63H49NSi/c1-42-54(41-58(64-62(42)45-24-13-6-14-25-45)48-33-36-52-51-35-32-47(44-22-11-5-12-23-44)39-59(51)65(2,3)60(52)40-48)53-30-19-31-57-61(53)55-38-46(43-20-9-4-10-21-43)34-37-56(55)63(57,49-26-15-7-16-27-49)50-28-17-8-18-29-50/h4-40,54,62H,1,41H2,2-3H3. The molecule has 1 aliphatic carbocycles. The van der Waals surface area contributed by atoms with Crippen molar-refractivity contribution in [3.8, 4) is 44.5 Å². The van der Waals surface area contributed by atoms with Gasteiger partial charge in [-0.2, -0.15) is 0 Å². The van der Waals surface area contributed by atoms with E-state index in [4.69, 9.17) is 11.6 Å². The molecule has 12 rings (SSSR count). The Morgan fingerprint density at radius 1 is 0.462 bits per heavy atom. The maximum absolute atomic E-state index is 5.70. The molecule has 9 aromatic rings. The van der Waals surface area contributed by atoms with E-state index in [1.54, 1.807) is 0 Å². The number of nitrogens with zero attached hydrogens (tertiary/aromatic N) is 1. The zero-order valence-electron chi connectivity index (χ0n) is 36.9. The van der Waals surface area contributed by atoms with Crippen LogP contribution in [-0.4, -0.2) is 13.8 Å². The van der Waals surface area contributed by atoms with Gasteiger partial charge in [0.25, 0.3) is 0 Å². The van der Waals surface area contributed by atoms with Gasteiger partial charge in [0.1, 0.15) is 8.07 Å². The van der Waals surface area contributed by atoms with Gasteiger partial charge in [-0.05, 0) is 105 Å². The Labute approximate surface area is 384 Å². The summed E-state index contributed by atoms with van der Waals surface area (Å²) in [6.45, 7) is 10.0. The van der Waals surface area contributed by atoms with Crippen molar-refractivity contribution in [2.45, 2.75) is 36.9 Å². The van der Waals surface area contributed by atoms with Gasteiger partial charge in [0, 0.05) is 18.1 Å². The highest BCUT2D eigenvalue weighted by Crippen LogP contribution is 2.59. The normalized spacial score (nSPS) is 17.4. The summed E-state index contributed by atoms with van der Waals surface area (Å²) in [4.78, 5) is 5.70. The molecule has 2 heteroatoms. The van der Waals surface area contributed by atoms with Crippen molar-refractivity contribution in [2.24, 2.45) is 4.99 Å². The van der Waals surface area contributed by atoms with Crippen molar-refractivity contribution in [3.05, 3.63) is 276 Å². The predicted octanol–water partition coefficient (Wildman–Crippen LogP) is 14.5. The fourth-order valence-electron chi connectivity index (χ4n) is 11.6. The second kappa shape index (κ2) is 15.4. The van der Waals surface area contributed by atoms with Gasteiger partial charge >= 0.3 is 0 Å². The van der Waals surface area contributed by atoms with Crippen molar-refractivity contribution in [2.75, 3.05) is 0 Å². The number of fused-ring (bicyclic) bond motifs is 6. The van der Waals surface area contributed by atoms with Crippen LogP contribution in [0.4, 0.5) is 0 Å². The van der Waals surface area contributed by atoms with Gasteiger partial charge < -0.3 is 0 Å². The van der Waals surface area contributed by atoms with Crippen LogP contribution in [0.1, 0.15) is 57.3 Å². The van der Waals surface area contributed by atoms with E-state index in [0.717, 1.165) is 17.7 Å². The lowest BCUT2D eigenvalue weighted by Gasteiger charge is -2.35. The minimum absolute atomic E-state index is 0.0161. The molecule has 0 N–H and O–H groups in total. The van der Waals surface area contributed by atoms with Gasteiger partial charge in [0.2, 0.25) is 0 Å². The molecule has 0 spiro atoms. The molecule has 0 saturated heterocycles. The summed E-state index contributed by atoms with van der Waals surface area (Å²) >= 11 is 0. The molecule has 1 nitrogen and oxygen atoms in total. The highest BCUT2D eigenvalue weighted by atomic mass is 28.3. The Balaban J connectivity index is 1.04. The number of hydrogen-bond acceptors (Lipinski definition) is 1. The lowest BCUT2D eigenvalue weighted by molar-refractivity contribution is 0.680. The summed E-state index contributed by atoms with van der Waals surface area (Å²) in [6, 6.07) is 83.3. The van der Waals surface area contributed by atoms with Gasteiger partial charge in [-0.1, -0.05) is 238 Å². The van der Waals surface area contributed by atoms with E-state index < -0.39 is 13.5 Å². The quantitative estimate of drug-likeness (QED) is 0.112. The van der Waals surface area contributed by atoms with Gasteiger partial charge in [0.05, 0.1) is 11.5 Å². The van der Waals surface area contributed by atoms with Crippen LogP contribution in [0.25, 0.3) is 44.5 Å². The first-order valence-electron chi connectivity index (χ1n) is 23.0. The zero-order chi connectivity index (χ0) is 43.7. The van der Waals surface area contributed by atoms with E-state index in [1.807, 2.05) is 0 Å². The molecule has 2 atom stereocenters. The summed E-state index contributed by atoms with van der Waals surface area (Å²) in [5.41, 5.74) is 21.0. The van der Waals surface area contributed by atoms with Crippen LogP contribution in [0.5, 0.6) is 0 Å². The van der Waals surface area contributed by atoms with Gasteiger partial charge in [-0.15, -0.1) is 0 Å². The molecular formula is C63H49NSi. The first-order chi connectivity index (χ1) is 31.9. The van der Waals surface area contributed by atoms with Crippen LogP contribution in [0.2, 0.25) is 13.1 Å². The maximum atomic E-state index is 5.70. The van der Waals surface area contributed by atoms with E-state index in [0.29, 0.717) is 0 Å². The minimum Gasteiger partial charge on any atom is -0.277 e. The van der Waals surface area contributed by atoms with Crippen LogP contribution in [0.15, 0.2) is 242 Å². The average molecular weight is 848 g/mol. The van der Waals surface area contributed by atoms with Crippen molar-refractivity contribution in [1.82, 2.24) is 0 Å². The number of hydrogen-bond donors (Lipinski definition) is 0. The third-order valence-corrected chi connectivity index (χ3v) is 18.3. The summed E-state index contributed by atoms with van der Waals surface area (Å²) < 4.78 is 0. The smallest absolute Gasteiger partial charge is 0.113 e. The van der Waals surface area contributed by atoms with Gasteiger partial charge in [-0.25, -0.2) is 0 Å². The Hall–Kier alpha value is -7.39. The van der Waals surface area contributed by atoms with Gasteiger partial charge in [0.15, 0.2) is 0 Å². The first-order valence-corrected chi connectivity index (χ1v) is 26.0. The molecule has 0 aromatic heterocycles. The van der Waals surface area contributed by atoms with Crippen LogP contribution >= 0.6 is 0 Å². The largest absolute Gasteiger partial charge is 0.277 e. The van der Waals surface area contributed by atoms with E-state index in [-0.39, 0.29) is 12.0 Å². The van der Waals surface area contributed by atoms with E-state index in [1.165, 1.54) is 93.8 Å². The molecule has 310 valence electrons. The Kier molecular flexibility index (Phi) is 9.29. The van der Waals surface area contributed by atoms with Crippen molar-refractivity contribution in [1.29, 1.82) is 0 Å². The molecule has 0 bridgehead atoms. The highest BCUT2D eigenvalue weighted by molar-refractivity contribution is 7.03. The SMILES string of the molecule is C=C1C(c2cccc3c2-c2cc(-c4ccccc4)ccc2C3(c2ccccc2)c2ccccc2)CC(c2ccc3c(c2)[Si](C)(C)c2cc(-c4ccccc4)ccc2-3)=NC1c1ccccc1. The third-order valence-electron chi connectivity index (χ3n) is 14.8. The topological polar surface area (TPSA) is 12.4 Å². The molecule has 0 saturated carbocycles. The molecule has 2 heterocycles. The Bertz CT molecular complexity index is 3270. The summed E-state index contributed by atoms with van der Waals surface area (Å²) in [5.74, 6) is 0.0161. The van der Waals surface area contributed by atoms with Crippen LogP contribution in [0, 0.1) is 0 Å². The zero-order valence-corrected chi connectivity index (χ0v) is 37.9. The van der Waals surface area contributed by atoms with Gasteiger partial charge in [-0.3, -0.25) is 4.99 Å². The second-order valence-electron chi connectivity index (χ2n) is 18.6. The van der Waals surface area contributed by atoms with E-state index >= 15 is 0 Å². The fourth-order valence-corrected chi connectivity index (χ4v) is 14.7. The Morgan fingerprint density at radius 2 is 0.969 bits per heavy atom. The molecule has 0 radical (unpaired) electrons.